The highest BCUT2D eigenvalue weighted by Gasteiger charge is 2.30. The van der Waals surface area contributed by atoms with Crippen molar-refractivity contribution in [2.45, 2.75) is 395 Å². The van der Waals surface area contributed by atoms with Gasteiger partial charge in [0, 0.05) is 25.7 Å². The second-order valence-electron chi connectivity index (χ2n) is 28.7. The van der Waals surface area contributed by atoms with Gasteiger partial charge in [-0.1, -0.05) is 325 Å². The molecule has 0 aliphatic carbocycles. The number of hydrogen-bond acceptors (Lipinski definition) is 15. The second kappa shape index (κ2) is 64.4. The van der Waals surface area contributed by atoms with Crippen LogP contribution in [0.25, 0.3) is 0 Å². The Morgan fingerprint density at radius 1 is 0.298 bits per heavy atom. The Morgan fingerprint density at radius 2 is 0.511 bits per heavy atom. The third-order valence-corrected chi connectivity index (χ3v) is 19.6. The number of carbonyl (C=O) groups excluding carboxylic acids is 4. The molecule has 0 spiro atoms. The van der Waals surface area contributed by atoms with E-state index in [9.17, 15) is 43.2 Å². The van der Waals surface area contributed by atoms with E-state index >= 15 is 0 Å². The van der Waals surface area contributed by atoms with E-state index < -0.39 is 97.5 Å². The number of rotatable bonds is 72. The molecule has 6 atom stereocenters. The van der Waals surface area contributed by atoms with Crippen LogP contribution in [0.5, 0.6) is 0 Å². The van der Waals surface area contributed by atoms with Crippen molar-refractivity contribution in [3.8, 4) is 0 Å². The van der Waals surface area contributed by atoms with E-state index in [0.717, 1.165) is 114 Å². The third kappa shape index (κ3) is 67.3. The van der Waals surface area contributed by atoms with Crippen LogP contribution in [-0.2, 0) is 65.4 Å². The van der Waals surface area contributed by atoms with Crippen molar-refractivity contribution < 1.29 is 80.2 Å². The summed E-state index contributed by atoms with van der Waals surface area (Å²) in [5.74, 6) is 0.962. The van der Waals surface area contributed by atoms with Crippen molar-refractivity contribution in [2.75, 3.05) is 39.6 Å². The number of phosphoric acid groups is 2. The molecular weight excluding hydrogens is 1230 g/mol. The molecule has 0 aromatic heterocycles. The Balaban J connectivity index is 5.28. The van der Waals surface area contributed by atoms with Gasteiger partial charge in [0.05, 0.1) is 26.4 Å². The molecule has 0 rings (SSSR count). The maximum absolute atomic E-state index is 13.1. The van der Waals surface area contributed by atoms with Gasteiger partial charge >= 0.3 is 39.5 Å². The highest BCUT2D eigenvalue weighted by Crippen LogP contribution is 2.45. The normalized spacial score (nSPS) is 14.4. The standard InChI is InChI=1S/C75H146O17P2/c1-9-68(8)54-46-38-30-22-16-17-25-34-42-50-58-75(80)92-71(62-86-73(78)56-48-40-32-26-18-21-29-37-45-53-67(6)7)64-90-94(83,84)88-60-69(76)59-87-93(81,82)89-63-70(91-74(79)57-49-41-33-24-15-11-13-20-28-36-44-52-66(4)5)61-85-72(77)55-47-39-31-23-14-10-12-19-27-35-43-51-65(2)3/h65-71,76H,9-64H2,1-8H3,(H,81,82)(H,83,84)/t68?,69-,70-,71-/m1/s1. The van der Waals surface area contributed by atoms with Crippen LogP contribution in [0.15, 0.2) is 0 Å². The minimum absolute atomic E-state index is 0.105. The van der Waals surface area contributed by atoms with E-state index in [4.69, 9.17) is 37.0 Å². The Hall–Kier alpha value is -1.94. The van der Waals surface area contributed by atoms with Gasteiger partial charge in [0.1, 0.15) is 19.3 Å². The summed E-state index contributed by atoms with van der Waals surface area (Å²) in [5, 5.41) is 10.6. The van der Waals surface area contributed by atoms with Crippen LogP contribution in [0, 0.1) is 23.7 Å². The summed E-state index contributed by atoms with van der Waals surface area (Å²) in [5.41, 5.74) is 0. The van der Waals surface area contributed by atoms with Crippen LogP contribution in [0.2, 0.25) is 0 Å². The van der Waals surface area contributed by atoms with Gasteiger partial charge in [0.25, 0.3) is 0 Å². The quantitative estimate of drug-likeness (QED) is 0.0222. The minimum Gasteiger partial charge on any atom is -0.462 e. The summed E-state index contributed by atoms with van der Waals surface area (Å²) >= 11 is 0. The molecule has 0 saturated heterocycles. The predicted molar refractivity (Wildman–Crippen MR) is 381 cm³/mol. The molecule has 3 N–H and O–H groups in total. The molecular formula is C75H146O17P2. The van der Waals surface area contributed by atoms with Gasteiger partial charge in [-0.3, -0.25) is 37.3 Å². The molecule has 0 aliphatic heterocycles. The largest absolute Gasteiger partial charge is 0.472 e. The fourth-order valence-corrected chi connectivity index (χ4v) is 12.9. The zero-order chi connectivity index (χ0) is 69.6. The number of hydrogen-bond donors (Lipinski definition) is 3. The van der Waals surface area contributed by atoms with Crippen LogP contribution >= 0.6 is 15.6 Å². The molecule has 0 heterocycles. The van der Waals surface area contributed by atoms with Gasteiger partial charge in [0.15, 0.2) is 12.2 Å². The number of ether oxygens (including phenoxy) is 4. The monoisotopic (exact) mass is 1380 g/mol. The van der Waals surface area contributed by atoms with E-state index in [1.54, 1.807) is 0 Å². The molecule has 0 radical (unpaired) electrons. The number of esters is 4. The summed E-state index contributed by atoms with van der Waals surface area (Å²) in [7, 11) is -9.91. The maximum atomic E-state index is 13.1. The van der Waals surface area contributed by atoms with Gasteiger partial charge in [-0.25, -0.2) is 9.13 Å². The Kier molecular flexibility index (Phi) is 63.1. The SMILES string of the molecule is CCC(C)CCCCCCCCCCCCC(=O)O[C@H](COC(=O)CCCCCCCCCCCC(C)C)COP(=O)(O)OC[C@H](O)COP(=O)(O)OC[C@@H](COC(=O)CCCCCCCCCCCCCC(C)C)OC(=O)CCCCCCCCCCCCCC(C)C. The van der Waals surface area contributed by atoms with E-state index in [2.05, 4.69) is 55.4 Å². The van der Waals surface area contributed by atoms with Crippen LogP contribution in [0.1, 0.15) is 376 Å². The number of unbranched alkanes of at least 4 members (excludes halogenated alkanes) is 37. The van der Waals surface area contributed by atoms with Crippen LogP contribution in [0.4, 0.5) is 0 Å². The molecule has 558 valence electrons. The van der Waals surface area contributed by atoms with Gasteiger partial charge in [-0.2, -0.15) is 0 Å². The Morgan fingerprint density at radius 3 is 0.755 bits per heavy atom. The zero-order valence-electron chi connectivity index (χ0n) is 61.6. The molecule has 0 aliphatic rings. The first-order valence-electron chi connectivity index (χ1n) is 38.7. The lowest BCUT2D eigenvalue weighted by Gasteiger charge is -2.21. The smallest absolute Gasteiger partial charge is 0.462 e. The predicted octanol–water partition coefficient (Wildman–Crippen LogP) is 21.7. The molecule has 19 heteroatoms. The fourth-order valence-electron chi connectivity index (χ4n) is 11.3. The van der Waals surface area contributed by atoms with Crippen molar-refractivity contribution >= 4 is 39.5 Å². The molecule has 94 heavy (non-hydrogen) atoms. The molecule has 0 fully saturated rings. The van der Waals surface area contributed by atoms with Gasteiger partial charge in [0.2, 0.25) is 0 Å². The first kappa shape index (κ1) is 92.1. The van der Waals surface area contributed by atoms with Gasteiger partial charge in [-0.05, 0) is 49.4 Å². The summed E-state index contributed by atoms with van der Waals surface area (Å²) in [6.45, 7) is 14.2. The average molecular weight is 1380 g/mol. The topological polar surface area (TPSA) is 237 Å². The molecule has 3 unspecified atom stereocenters. The zero-order valence-corrected chi connectivity index (χ0v) is 63.4. The Bertz CT molecular complexity index is 1850. The van der Waals surface area contributed by atoms with E-state index in [1.165, 1.54) is 180 Å². The third-order valence-electron chi connectivity index (χ3n) is 17.7. The van der Waals surface area contributed by atoms with Crippen molar-refractivity contribution in [1.82, 2.24) is 0 Å². The molecule has 0 saturated carbocycles. The summed E-state index contributed by atoms with van der Waals surface area (Å²) in [4.78, 5) is 72.8. The number of carbonyl (C=O) groups is 4. The summed E-state index contributed by atoms with van der Waals surface area (Å²) in [6, 6.07) is 0. The lowest BCUT2D eigenvalue weighted by Crippen LogP contribution is -2.30. The van der Waals surface area contributed by atoms with Crippen molar-refractivity contribution in [1.29, 1.82) is 0 Å². The van der Waals surface area contributed by atoms with E-state index in [0.29, 0.717) is 25.7 Å². The van der Waals surface area contributed by atoms with E-state index in [-0.39, 0.29) is 25.7 Å². The van der Waals surface area contributed by atoms with Crippen molar-refractivity contribution in [2.24, 2.45) is 23.7 Å². The molecule has 0 aromatic carbocycles. The van der Waals surface area contributed by atoms with Crippen molar-refractivity contribution in [3.05, 3.63) is 0 Å². The minimum atomic E-state index is -4.96. The van der Waals surface area contributed by atoms with Gasteiger partial charge in [-0.15, -0.1) is 0 Å². The summed E-state index contributed by atoms with van der Waals surface area (Å²) in [6.07, 6.45) is 48.4. The highest BCUT2D eigenvalue weighted by molar-refractivity contribution is 7.47. The molecule has 17 nitrogen and oxygen atoms in total. The second-order valence-corrected chi connectivity index (χ2v) is 31.6. The molecule has 0 bridgehead atoms. The van der Waals surface area contributed by atoms with Crippen LogP contribution in [0.3, 0.4) is 0 Å². The summed E-state index contributed by atoms with van der Waals surface area (Å²) < 4.78 is 68.5. The number of aliphatic hydroxyl groups excluding tert-OH is 1. The maximum Gasteiger partial charge on any atom is 0.472 e. The molecule has 0 aromatic rings. The lowest BCUT2D eigenvalue weighted by atomic mass is 9.99. The first-order chi connectivity index (χ1) is 45.1. The first-order valence-corrected chi connectivity index (χ1v) is 41.7. The number of phosphoric ester groups is 2. The van der Waals surface area contributed by atoms with Gasteiger partial charge < -0.3 is 33.8 Å². The Labute approximate surface area is 575 Å². The average Bonchev–Trinajstić information content (AvgIpc) is 1.20. The number of aliphatic hydroxyl groups is 1. The van der Waals surface area contributed by atoms with Crippen molar-refractivity contribution in [3.63, 3.8) is 0 Å². The lowest BCUT2D eigenvalue weighted by molar-refractivity contribution is -0.161. The van der Waals surface area contributed by atoms with Crippen LogP contribution in [-0.4, -0.2) is 96.7 Å². The highest BCUT2D eigenvalue weighted by atomic mass is 31.2. The van der Waals surface area contributed by atoms with Crippen LogP contribution < -0.4 is 0 Å². The fraction of sp³-hybridized carbons (Fsp3) is 0.947. The van der Waals surface area contributed by atoms with E-state index in [1.807, 2.05) is 0 Å². The molecule has 0 amide bonds.